The van der Waals surface area contributed by atoms with Gasteiger partial charge in [0.2, 0.25) is 0 Å². The molecule has 1 aromatic carbocycles. The van der Waals surface area contributed by atoms with Crippen LogP contribution in [0.1, 0.15) is 19.9 Å². The van der Waals surface area contributed by atoms with E-state index in [0.29, 0.717) is 5.82 Å². The van der Waals surface area contributed by atoms with Gasteiger partial charge in [-0.15, -0.1) is 0 Å². The van der Waals surface area contributed by atoms with E-state index in [-0.39, 0.29) is 10.9 Å². The third-order valence-corrected chi connectivity index (χ3v) is 3.86. The van der Waals surface area contributed by atoms with Crippen molar-refractivity contribution in [2.24, 2.45) is 0 Å². The van der Waals surface area contributed by atoms with Crippen LogP contribution in [0.2, 0.25) is 0 Å². The first-order valence-corrected chi connectivity index (χ1v) is 7.20. The van der Waals surface area contributed by atoms with Gasteiger partial charge in [0.05, 0.1) is 11.1 Å². The fraction of sp³-hybridized carbons (Fsp3) is 0.250. The van der Waals surface area contributed by atoms with Crippen molar-refractivity contribution in [3.05, 3.63) is 42.3 Å². The first-order chi connectivity index (χ1) is 8.90. The number of sulfonamides is 1. The SMILES string of the molecule is CC(C)n1nccc1NS(=O)(=O)c1cccc(F)c1. The molecular formula is C12H14FN3O2S. The number of anilines is 1. The van der Waals surface area contributed by atoms with Crippen molar-refractivity contribution in [3.8, 4) is 0 Å². The number of nitrogens with zero attached hydrogens (tertiary/aromatic N) is 2. The number of aromatic nitrogens is 2. The molecule has 5 nitrogen and oxygen atoms in total. The smallest absolute Gasteiger partial charge is 0.263 e. The van der Waals surface area contributed by atoms with E-state index in [9.17, 15) is 12.8 Å². The fourth-order valence-corrected chi connectivity index (χ4v) is 2.72. The highest BCUT2D eigenvalue weighted by atomic mass is 32.2. The van der Waals surface area contributed by atoms with Crippen molar-refractivity contribution < 1.29 is 12.8 Å². The molecule has 2 aromatic rings. The average molecular weight is 283 g/mol. The van der Waals surface area contributed by atoms with Gasteiger partial charge < -0.3 is 0 Å². The molecule has 0 spiro atoms. The lowest BCUT2D eigenvalue weighted by Gasteiger charge is -2.13. The lowest BCUT2D eigenvalue weighted by molar-refractivity contribution is 0.539. The normalized spacial score (nSPS) is 11.8. The highest BCUT2D eigenvalue weighted by Crippen LogP contribution is 2.18. The van der Waals surface area contributed by atoms with Crippen molar-refractivity contribution in [3.63, 3.8) is 0 Å². The third-order valence-electron chi connectivity index (χ3n) is 2.50. The molecule has 1 N–H and O–H groups in total. The zero-order chi connectivity index (χ0) is 14.0. The van der Waals surface area contributed by atoms with Gasteiger partial charge in [0.25, 0.3) is 10.0 Å². The molecule has 0 bridgehead atoms. The minimum absolute atomic E-state index is 0.0141. The Morgan fingerprint density at radius 1 is 1.32 bits per heavy atom. The molecule has 0 saturated heterocycles. The summed E-state index contributed by atoms with van der Waals surface area (Å²) in [6.07, 6.45) is 1.50. The summed E-state index contributed by atoms with van der Waals surface area (Å²) in [7, 11) is -3.81. The van der Waals surface area contributed by atoms with Crippen molar-refractivity contribution in [2.75, 3.05) is 4.72 Å². The number of nitrogens with one attached hydrogen (secondary N) is 1. The number of benzene rings is 1. The van der Waals surface area contributed by atoms with Crippen LogP contribution in [0.15, 0.2) is 41.4 Å². The summed E-state index contributed by atoms with van der Waals surface area (Å²) in [5, 5.41) is 4.03. The van der Waals surface area contributed by atoms with Gasteiger partial charge in [-0.05, 0) is 32.0 Å². The second-order valence-corrected chi connectivity index (χ2v) is 6.00. The molecule has 0 aliphatic heterocycles. The zero-order valence-electron chi connectivity index (χ0n) is 10.5. The minimum Gasteiger partial charge on any atom is -0.264 e. The summed E-state index contributed by atoms with van der Waals surface area (Å²) in [6.45, 7) is 3.76. The standard InChI is InChI=1S/C12H14FN3O2S/c1-9(2)16-12(6-7-14-16)15-19(17,18)11-5-3-4-10(13)8-11/h3-9,15H,1-2H3. The molecule has 0 aliphatic carbocycles. The summed E-state index contributed by atoms with van der Waals surface area (Å²) >= 11 is 0. The van der Waals surface area contributed by atoms with Gasteiger partial charge in [-0.1, -0.05) is 6.07 Å². The Kier molecular flexibility index (Phi) is 3.57. The van der Waals surface area contributed by atoms with E-state index in [1.54, 1.807) is 6.07 Å². The quantitative estimate of drug-likeness (QED) is 0.937. The summed E-state index contributed by atoms with van der Waals surface area (Å²) in [5.74, 6) is -0.250. The number of rotatable bonds is 4. The van der Waals surface area contributed by atoms with Crippen LogP contribution in [0.5, 0.6) is 0 Å². The zero-order valence-corrected chi connectivity index (χ0v) is 11.4. The topological polar surface area (TPSA) is 64.0 Å². The Hall–Kier alpha value is -1.89. The van der Waals surface area contributed by atoms with E-state index in [2.05, 4.69) is 9.82 Å². The highest BCUT2D eigenvalue weighted by molar-refractivity contribution is 7.92. The maximum Gasteiger partial charge on any atom is 0.263 e. The van der Waals surface area contributed by atoms with Crippen molar-refractivity contribution in [1.29, 1.82) is 0 Å². The minimum atomic E-state index is -3.81. The lowest BCUT2D eigenvalue weighted by Crippen LogP contribution is -2.17. The molecule has 19 heavy (non-hydrogen) atoms. The van der Waals surface area contributed by atoms with Crippen LogP contribution in [0.4, 0.5) is 10.2 Å². The summed E-state index contributed by atoms with van der Waals surface area (Å²) in [4.78, 5) is -0.121. The average Bonchev–Trinajstić information content (AvgIpc) is 2.76. The van der Waals surface area contributed by atoms with Gasteiger partial charge >= 0.3 is 0 Å². The second kappa shape index (κ2) is 5.00. The molecule has 1 aromatic heterocycles. The Balaban J connectivity index is 2.34. The summed E-state index contributed by atoms with van der Waals surface area (Å²) < 4.78 is 41.2. The van der Waals surface area contributed by atoms with Gasteiger partial charge in [0.15, 0.2) is 0 Å². The molecule has 0 saturated carbocycles. The van der Waals surface area contributed by atoms with Crippen LogP contribution in [-0.4, -0.2) is 18.2 Å². The third kappa shape index (κ3) is 2.93. The van der Waals surface area contributed by atoms with Crippen LogP contribution >= 0.6 is 0 Å². The Bertz CT molecular complexity index is 680. The number of hydrogen-bond acceptors (Lipinski definition) is 3. The monoisotopic (exact) mass is 283 g/mol. The Labute approximate surface area is 111 Å². The molecular weight excluding hydrogens is 269 g/mol. The summed E-state index contributed by atoms with van der Waals surface area (Å²) in [5.41, 5.74) is 0. The Morgan fingerprint density at radius 3 is 2.68 bits per heavy atom. The highest BCUT2D eigenvalue weighted by Gasteiger charge is 2.17. The lowest BCUT2D eigenvalue weighted by atomic mass is 10.4. The van der Waals surface area contributed by atoms with Gasteiger partial charge in [0.1, 0.15) is 11.6 Å². The molecule has 7 heteroatoms. The first-order valence-electron chi connectivity index (χ1n) is 5.72. The van der Waals surface area contributed by atoms with Gasteiger partial charge in [0, 0.05) is 12.1 Å². The second-order valence-electron chi connectivity index (χ2n) is 4.32. The van der Waals surface area contributed by atoms with Gasteiger partial charge in [-0.2, -0.15) is 5.10 Å². The van der Waals surface area contributed by atoms with E-state index in [1.807, 2.05) is 13.8 Å². The predicted octanol–water partition coefficient (Wildman–Crippen LogP) is 2.40. The molecule has 0 atom stereocenters. The molecule has 0 fully saturated rings. The molecule has 1 heterocycles. The molecule has 102 valence electrons. The van der Waals surface area contributed by atoms with Crippen LogP contribution < -0.4 is 4.72 Å². The molecule has 2 rings (SSSR count). The first kappa shape index (κ1) is 13.5. The van der Waals surface area contributed by atoms with E-state index < -0.39 is 15.8 Å². The largest absolute Gasteiger partial charge is 0.264 e. The van der Waals surface area contributed by atoms with E-state index >= 15 is 0 Å². The maximum absolute atomic E-state index is 13.1. The molecule has 0 radical (unpaired) electrons. The van der Waals surface area contributed by atoms with E-state index in [1.165, 1.54) is 29.1 Å². The van der Waals surface area contributed by atoms with Crippen molar-refractivity contribution in [1.82, 2.24) is 9.78 Å². The number of hydrogen-bond donors (Lipinski definition) is 1. The van der Waals surface area contributed by atoms with Crippen LogP contribution in [0, 0.1) is 5.82 Å². The van der Waals surface area contributed by atoms with Gasteiger partial charge in [-0.25, -0.2) is 17.5 Å². The number of halogens is 1. The predicted molar refractivity (Wildman–Crippen MR) is 69.8 cm³/mol. The fourth-order valence-electron chi connectivity index (χ4n) is 1.64. The Morgan fingerprint density at radius 2 is 2.05 bits per heavy atom. The summed E-state index contributed by atoms with van der Waals surface area (Å²) in [6, 6.07) is 6.41. The van der Waals surface area contributed by atoms with E-state index in [4.69, 9.17) is 0 Å². The van der Waals surface area contributed by atoms with E-state index in [0.717, 1.165) is 6.07 Å². The van der Waals surface area contributed by atoms with Crippen LogP contribution in [-0.2, 0) is 10.0 Å². The molecule has 0 unspecified atom stereocenters. The van der Waals surface area contributed by atoms with Crippen molar-refractivity contribution >= 4 is 15.8 Å². The maximum atomic E-state index is 13.1. The van der Waals surface area contributed by atoms with Crippen LogP contribution in [0.3, 0.4) is 0 Å². The van der Waals surface area contributed by atoms with Gasteiger partial charge in [-0.3, -0.25) is 4.72 Å². The molecule has 0 amide bonds. The molecule has 0 aliphatic rings. The van der Waals surface area contributed by atoms with Crippen molar-refractivity contribution in [2.45, 2.75) is 24.8 Å². The van der Waals surface area contributed by atoms with Crippen LogP contribution in [0.25, 0.3) is 0 Å².